The molecule has 0 radical (unpaired) electrons. The molecule has 1 aliphatic rings. The highest BCUT2D eigenvalue weighted by atomic mass is 19.3. The number of fused-ring (bicyclic) bond motifs is 1. The lowest BCUT2D eigenvalue weighted by molar-refractivity contribution is -0.0498. The Hall–Kier alpha value is -3.03. The smallest absolute Gasteiger partial charge is 0.387 e. The largest absolute Gasteiger partial charge is 0.486 e. The zero-order valence-electron chi connectivity index (χ0n) is 14.5. The Morgan fingerprint density at radius 1 is 1.11 bits per heavy atom. The van der Waals surface area contributed by atoms with Gasteiger partial charge in [0.05, 0.1) is 6.54 Å². The van der Waals surface area contributed by atoms with Crippen LogP contribution in [-0.2, 0) is 6.42 Å². The Balaban J connectivity index is 1.34. The van der Waals surface area contributed by atoms with Crippen LogP contribution in [0, 0.1) is 0 Å². The fraction of sp³-hybridized carbons (Fsp3) is 0.316. The van der Waals surface area contributed by atoms with Crippen molar-refractivity contribution in [2.45, 2.75) is 19.1 Å². The third kappa shape index (κ3) is 5.73. The van der Waals surface area contributed by atoms with Gasteiger partial charge in [0, 0.05) is 6.54 Å². The molecule has 27 heavy (non-hydrogen) atoms. The summed E-state index contributed by atoms with van der Waals surface area (Å²) in [5.74, 6) is 1.47. The number of rotatable bonds is 7. The number of urea groups is 1. The fourth-order valence-electron chi connectivity index (χ4n) is 2.59. The van der Waals surface area contributed by atoms with Gasteiger partial charge in [-0.2, -0.15) is 8.78 Å². The molecule has 8 heteroatoms. The van der Waals surface area contributed by atoms with Gasteiger partial charge in [-0.15, -0.1) is 0 Å². The number of halogens is 2. The maximum absolute atomic E-state index is 12.1. The fourth-order valence-corrected chi connectivity index (χ4v) is 2.59. The summed E-state index contributed by atoms with van der Waals surface area (Å²) in [6.45, 7) is -1.75. The van der Waals surface area contributed by atoms with Crippen LogP contribution in [0.2, 0.25) is 0 Å². The minimum atomic E-state index is -2.84. The monoisotopic (exact) mass is 378 g/mol. The van der Waals surface area contributed by atoms with E-state index in [9.17, 15) is 13.6 Å². The number of para-hydroxylation sites is 2. The minimum absolute atomic E-state index is 0.107. The number of hydrogen-bond donors (Lipinski definition) is 2. The van der Waals surface area contributed by atoms with E-state index in [-0.39, 0.29) is 17.9 Å². The third-order valence-electron chi connectivity index (χ3n) is 3.91. The highest BCUT2D eigenvalue weighted by molar-refractivity contribution is 5.73. The van der Waals surface area contributed by atoms with Crippen LogP contribution in [0.5, 0.6) is 17.2 Å². The molecule has 2 aromatic rings. The zero-order chi connectivity index (χ0) is 19.1. The maximum Gasteiger partial charge on any atom is 0.387 e. The molecule has 2 N–H and O–H groups in total. The van der Waals surface area contributed by atoms with Crippen molar-refractivity contribution >= 4 is 6.03 Å². The van der Waals surface area contributed by atoms with Crippen molar-refractivity contribution in [1.29, 1.82) is 0 Å². The average molecular weight is 378 g/mol. The number of ether oxygens (including phenoxy) is 3. The first-order valence-electron chi connectivity index (χ1n) is 8.54. The van der Waals surface area contributed by atoms with E-state index in [1.807, 2.05) is 24.3 Å². The van der Waals surface area contributed by atoms with Gasteiger partial charge < -0.3 is 24.8 Å². The first-order chi connectivity index (χ1) is 13.1. The van der Waals surface area contributed by atoms with Crippen LogP contribution in [0.25, 0.3) is 0 Å². The summed E-state index contributed by atoms with van der Waals surface area (Å²) in [7, 11) is 0. The summed E-state index contributed by atoms with van der Waals surface area (Å²) in [6, 6.07) is 13.4. The summed E-state index contributed by atoms with van der Waals surface area (Å²) in [5.41, 5.74) is 0.900. The molecule has 0 saturated carbocycles. The van der Waals surface area contributed by atoms with E-state index in [0.29, 0.717) is 37.6 Å². The molecule has 0 bridgehead atoms. The van der Waals surface area contributed by atoms with Gasteiger partial charge >= 0.3 is 12.6 Å². The maximum atomic E-state index is 12.1. The molecule has 144 valence electrons. The second-order valence-electron chi connectivity index (χ2n) is 5.91. The molecule has 1 aliphatic heterocycles. The van der Waals surface area contributed by atoms with E-state index < -0.39 is 6.61 Å². The van der Waals surface area contributed by atoms with Gasteiger partial charge in [-0.1, -0.05) is 24.3 Å². The molecular formula is C19H20F2N2O4. The zero-order valence-corrected chi connectivity index (χ0v) is 14.5. The van der Waals surface area contributed by atoms with E-state index in [1.54, 1.807) is 12.1 Å². The van der Waals surface area contributed by atoms with Crippen molar-refractivity contribution in [2.24, 2.45) is 0 Å². The number of carbonyl (C=O) groups is 1. The lowest BCUT2D eigenvalue weighted by Gasteiger charge is -2.26. The number of nitrogens with one attached hydrogen (secondary N) is 2. The van der Waals surface area contributed by atoms with Gasteiger partial charge in [-0.3, -0.25) is 0 Å². The molecular weight excluding hydrogens is 358 g/mol. The first-order valence-corrected chi connectivity index (χ1v) is 8.54. The van der Waals surface area contributed by atoms with Gasteiger partial charge in [-0.25, -0.2) is 4.79 Å². The molecule has 6 nitrogen and oxygen atoms in total. The van der Waals surface area contributed by atoms with Crippen LogP contribution < -0.4 is 24.8 Å². The van der Waals surface area contributed by atoms with Crippen molar-refractivity contribution in [1.82, 2.24) is 10.6 Å². The second-order valence-corrected chi connectivity index (χ2v) is 5.91. The Bertz CT molecular complexity index is 756. The van der Waals surface area contributed by atoms with Crippen LogP contribution >= 0.6 is 0 Å². The van der Waals surface area contributed by atoms with E-state index in [0.717, 1.165) is 5.56 Å². The Morgan fingerprint density at radius 2 is 1.85 bits per heavy atom. The third-order valence-corrected chi connectivity index (χ3v) is 3.91. The summed E-state index contributed by atoms with van der Waals surface area (Å²) >= 11 is 0. The van der Waals surface area contributed by atoms with E-state index in [1.165, 1.54) is 12.1 Å². The van der Waals surface area contributed by atoms with Gasteiger partial charge in [0.2, 0.25) is 0 Å². The standard InChI is InChI=1S/C19H20F2N2O4/c20-18(21)27-14-7-5-13(6-8-14)9-10-22-19(24)23-11-15-12-25-16-3-1-2-4-17(16)26-15/h1-8,15,18H,9-12H2,(H2,22,23,24). The van der Waals surface area contributed by atoms with Crippen LogP contribution in [0.1, 0.15) is 5.56 Å². The van der Waals surface area contributed by atoms with Gasteiger partial charge in [-0.05, 0) is 36.2 Å². The van der Waals surface area contributed by atoms with Crippen molar-refractivity contribution in [2.75, 3.05) is 19.7 Å². The SMILES string of the molecule is O=C(NCCc1ccc(OC(F)F)cc1)NCC1COc2ccccc2O1. The Kier molecular flexibility index (Phi) is 6.30. The normalized spacial score (nSPS) is 15.3. The highest BCUT2D eigenvalue weighted by Crippen LogP contribution is 2.30. The van der Waals surface area contributed by atoms with E-state index >= 15 is 0 Å². The molecule has 0 aliphatic carbocycles. The molecule has 0 saturated heterocycles. The second kappa shape index (κ2) is 9.07. The molecule has 0 spiro atoms. The molecule has 1 heterocycles. The number of benzene rings is 2. The van der Waals surface area contributed by atoms with Crippen LogP contribution in [0.4, 0.5) is 13.6 Å². The Morgan fingerprint density at radius 3 is 2.59 bits per heavy atom. The number of alkyl halides is 2. The van der Waals surface area contributed by atoms with Crippen molar-refractivity contribution in [3.8, 4) is 17.2 Å². The van der Waals surface area contributed by atoms with E-state index in [4.69, 9.17) is 9.47 Å². The number of carbonyl (C=O) groups excluding carboxylic acids is 1. The van der Waals surface area contributed by atoms with Crippen LogP contribution in [-0.4, -0.2) is 38.4 Å². The topological polar surface area (TPSA) is 68.8 Å². The minimum Gasteiger partial charge on any atom is -0.486 e. The first kappa shape index (κ1) is 18.8. The van der Waals surface area contributed by atoms with Gasteiger partial charge in [0.15, 0.2) is 17.6 Å². The average Bonchev–Trinajstić information content (AvgIpc) is 2.67. The van der Waals surface area contributed by atoms with E-state index in [2.05, 4.69) is 15.4 Å². The predicted molar refractivity (Wildman–Crippen MR) is 94.5 cm³/mol. The molecule has 0 fully saturated rings. The van der Waals surface area contributed by atoms with Crippen molar-refractivity contribution in [3.05, 3.63) is 54.1 Å². The lowest BCUT2D eigenvalue weighted by atomic mass is 10.1. The quantitative estimate of drug-likeness (QED) is 0.777. The summed E-state index contributed by atoms with van der Waals surface area (Å²) in [6.07, 6.45) is 0.312. The molecule has 2 aromatic carbocycles. The summed E-state index contributed by atoms with van der Waals surface area (Å²) in [5, 5.41) is 5.48. The molecule has 2 amide bonds. The lowest BCUT2D eigenvalue weighted by Crippen LogP contribution is -2.44. The molecule has 3 rings (SSSR count). The predicted octanol–water partition coefficient (Wildman–Crippen LogP) is 2.97. The van der Waals surface area contributed by atoms with Crippen LogP contribution in [0.3, 0.4) is 0 Å². The molecule has 1 atom stereocenters. The van der Waals surface area contributed by atoms with Crippen LogP contribution in [0.15, 0.2) is 48.5 Å². The van der Waals surface area contributed by atoms with Gasteiger partial charge in [0.25, 0.3) is 0 Å². The van der Waals surface area contributed by atoms with Crippen molar-refractivity contribution < 1.29 is 27.8 Å². The Labute approximate surface area is 155 Å². The molecule has 1 unspecified atom stereocenters. The highest BCUT2D eigenvalue weighted by Gasteiger charge is 2.20. The molecule has 0 aromatic heterocycles. The van der Waals surface area contributed by atoms with Crippen molar-refractivity contribution in [3.63, 3.8) is 0 Å². The summed E-state index contributed by atoms with van der Waals surface area (Å²) < 4.78 is 39.8. The number of amides is 2. The van der Waals surface area contributed by atoms with Gasteiger partial charge in [0.1, 0.15) is 12.4 Å². The summed E-state index contributed by atoms with van der Waals surface area (Å²) in [4.78, 5) is 11.9. The number of hydrogen-bond acceptors (Lipinski definition) is 4.